The van der Waals surface area contributed by atoms with E-state index in [0.717, 1.165) is 0 Å². The average Bonchev–Trinajstić information content (AvgIpc) is 2.57. The van der Waals surface area contributed by atoms with Gasteiger partial charge in [-0.15, -0.1) is 0 Å². The standard InChI is InChI=1S/C10H15F3N2O2/c1-6(2)15-9(8(17-3)5-14-15)7(16)4-10(11,12)13/h5-7,16H,4H2,1-3H3. The Bertz CT molecular complexity index is 374. The summed E-state index contributed by atoms with van der Waals surface area (Å²) < 4.78 is 42.9. The highest BCUT2D eigenvalue weighted by Gasteiger charge is 2.35. The maximum absolute atomic E-state index is 12.2. The van der Waals surface area contributed by atoms with Crippen LogP contribution in [-0.4, -0.2) is 28.2 Å². The largest absolute Gasteiger partial charge is 0.493 e. The number of ether oxygens (including phenoxy) is 1. The number of aromatic nitrogens is 2. The fourth-order valence-corrected chi connectivity index (χ4v) is 1.56. The van der Waals surface area contributed by atoms with E-state index >= 15 is 0 Å². The second-order valence-electron chi connectivity index (χ2n) is 3.97. The van der Waals surface area contributed by atoms with E-state index in [1.807, 2.05) is 0 Å². The lowest BCUT2D eigenvalue weighted by atomic mass is 10.1. The number of hydrogen-bond acceptors (Lipinski definition) is 3. The van der Waals surface area contributed by atoms with Gasteiger partial charge in [-0.25, -0.2) is 0 Å². The lowest BCUT2D eigenvalue weighted by Gasteiger charge is -2.18. The Morgan fingerprint density at radius 3 is 2.47 bits per heavy atom. The molecule has 1 rings (SSSR count). The van der Waals surface area contributed by atoms with E-state index in [9.17, 15) is 18.3 Å². The van der Waals surface area contributed by atoms with Crippen LogP contribution in [0, 0.1) is 0 Å². The molecule has 98 valence electrons. The summed E-state index contributed by atoms with van der Waals surface area (Å²) in [6.45, 7) is 3.52. The summed E-state index contributed by atoms with van der Waals surface area (Å²) in [4.78, 5) is 0. The molecule has 1 aromatic heterocycles. The van der Waals surface area contributed by atoms with Crippen LogP contribution >= 0.6 is 0 Å². The quantitative estimate of drug-likeness (QED) is 0.895. The van der Waals surface area contributed by atoms with E-state index in [1.54, 1.807) is 13.8 Å². The smallest absolute Gasteiger partial charge is 0.391 e. The van der Waals surface area contributed by atoms with Crippen molar-refractivity contribution in [1.29, 1.82) is 0 Å². The van der Waals surface area contributed by atoms with Crippen molar-refractivity contribution in [2.75, 3.05) is 7.11 Å². The van der Waals surface area contributed by atoms with Crippen LogP contribution < -0.4 is 4.74 Å². The Morgan fingerprint density at radius 2 is 2.06 bits per heavy atom. The molecule has 1 unspecified atom stereocenters. The topological polar surface area (TPSA) is 47.3 Å². The van der Waals surface area contributed by atoms with Crippen molar-refractivity contribution in [3.8, 4) is 5.75 Å². The van der Waals surface area contributed by atoms with Crippen molar-refractivity contribution in [3.63, 3.8) is 0 Å². The van der Waals surface area contributed by atoms with Crippen LogP contribution in [0.3, 0.4) is 0 Å². The molecule has 0 aliphatic heterocycles. The van der Waals surface area contributed by atoms with Crippen LogP contribution in [0.2, 0.25) is 0 Å². The van der Waals surface area contributed by atoms with Gasteiger partial charge in [0, 0.05) is 6.04 Å². The molecule has 0 bridgehead atoms. The maximum Gasteiger partial charge on any atom is 0.391 e. The molecule has 0 aliphatic rings. The molecule has 17 heavy (non-hydrogen) atoms. The van der Waals surface area contributed by atoms with Gasteiger partial charge in [0.05, 0.1) is 19.7 Å². The van der Waals surface area contributed by atoms with Crippen molar-refractivity contribution in [3.05, 3.63) is 11.9 Å². The highest BCUT2D eigenvalue weighted by atomic mass is 19.4. The molecule has 1 aromatic rings. The van der Waals surface area contributed by atoms with Crippen molar-refractivity contribution in [2.45, 2.75) is 38.6 Å². The minimum absolute atomic E-state index is 0.0554. The number of nitrogens with zero attached hydrogens (tertiary/aromatic N) is 2. The summed E-state index contributed by atoms with van der Waals surface area (Å²) in [6.07, 6.45) is -6.12. The first-order valence-electron chi connectivity index (χ1n) is 5.12. The Hall–Kier alpha value is -1.24. The molecule has 0 aromatic carbocycles. The molecule has 0 saturated carbocycles. The molecule has 1 atom stereocenters. The predicted octanol–water partition coefficient (Wildman–Crippen LogP) is 2.46. The summed E-state index contributed by atoms with van der Waals surface area (Å²) in [5.74, 6) is 0.162. The summed E-state index contributed by atoms with van der Waals surface area (Å²) in [5, 5.41) is 13.5. The van der Waals surface area contributed by atoms with Gasteiger partial charge in [-0.3, -0.25) is 4.68 Å². The monoisotopic (exact) mass is 252 g/mol. The number of aliphatic hydroxyl groups excluding tert-OH is 1. The molecular formula is C10H15F3N2O2. The Kier molecular flexibility index (Phi) is 4.03. The normalized spacial score (nSPS) is 14.1. The zero-order chi connectivity index (χ0) is 13.2. The first kappa shape index (κ1) is 13.8. The average molecular weight is 252 g/mol. The fourth-order valence-electron chi connectivity index (χ4n) is 1.56. The van der Waals surface area contributed by atoms with Gasteiger partial charge in [0.15, 0.2) is 5.75 Å². The van der Waals surface area contributed by atoms with Gasteiger partial charge in [0.25, 0.3) is 0 Å². The first-order chi connectivity index (χ1) is 7.76. The summed E-state index contributed by atoms with van der Waals surface area (Å²) in [5.41, 5.74) is 0.0554. The van der Waals surface area contributed by atoms with E-state index < -0.39 is 18.7 Å². The highest BCUT2D eigenvalue weighted by molar-refractivity contribution is 5.27. The lowest BCUT2D eigenvalue weighted by Crippen LogP contribution is -2.18. The molecule has 1 N–H and O–H groups in total. The first-order valence-corrected chi connectivity index (χ1v) is 5.12. The molecule has 4 nitrogen and oxygen atoms in total. The lowest BCUT2D eigenvalue weighted by molar-refractivity contribution is -0.155. The van der Waals surface area contributed by atoms with Crippen molar-refractivity contribution in [2.24, 2.45) is 0 Å². The number of rotatable bonds is 4. The van der Waals surface area contributed by atoms with E-state index in [1.165, 1.54) is 18.0 Å². The minimum Gasteiger partial charge on any atom is -0.493 e. The van der Waals surface area contributed by atoms with Crippen LogP contribution in [0.4, 0.5) is 13.2 Å². The SMILES string of the molecule is COc1cnn(C(C)C)c1C(O)CC(F)(F)F. The number of hydrogen-bond donors (Lipinski definition) is 1. The number of alkyl halides is 3. The second kappa shape index (κ2) is 4.95. The third kappa shape index (κ3) is 3.36. The summed E-state index contributed by atoms with van der Waals surface area (Å²) in [7, 11) is 1.32. The Balaban J connectivity index is 3.05. The van der Waals surface area contributed by atoms with Crippen LogP contribution in [0.25, 0.3) is 0 Å². The predicted molar refractivity (Wildman–Crippen MR) is 54.8 cm³/mol. The number of aliphatic hydroxyl groups is 1. The zero-order valence-electron chi connectivity index (χ0n) is 9.82. The fraction of sp³-hybridized carbons (Fsp3) is 0.700. The van der Waals surface area contributed by atoms with Crippen molar-refractivity contribution < 1.29 is 23.0 Å². The van der Waals surface area contributed by atoms with Gasteiger partial charge in [-0.1, -0.05) is 0 Å². The van der Waals surface area contributed by atoms with Gasteiger partial charge in [-0.2, -0.15) is 18.3 Å². The van der Waals surface area contributed by atoms with Crippen LogP contribution in [0.1, 0.15) is 38.1 Å². The van der Waals surface area contributed by atoms with Gasteiger partial charge in [-0.05, 0) is 13.8 Å². The minimum atomic E-state index is -4.43. The molecule has 0 aliphatic carbocycles. The number of methoxy groups -OCH3 is 1. The molecule has 1 heterocycles. The molecule has 0 saturated heterocycles. The van der Waals surface area contributed by atoms with Crippen molar-refractivity contribution >= 4 is 0 Å². The maximum atomic E-state index is 12.2. The second-order valence-corrected chi connectivity index (χ2v) is 3.97. The summed E-state index contributed by atoms with van der Waals surface area (Å²) in [6, 6.07) is -0.156. The molecule has 7 heteroatoms. The molecule has 0 fully saturated rings. The van der Waals surface area contributed by atoms with Crippen LogP contribution in [-0.2, 0) is 0 Å². The van der Waals surface area contributed by atoms with E-state index in [2.05, 4.69) is 5.10 Å². The molecule has 0 spiro atoms. The molecular weight excluding hydrogens is 237 g/mol. The van der Waals surface area contributed by atoms with E-state index in [4.69, 9.17) is 4.74 Å². The van der Waals surface area contributed by atoms with Gasteiger partial charge < -0.3 is 9.84 Å². The van der Waals surface area contributed by atoms with Gasteiger partial charge in [0.1, 0.15) is 11.8 Å². The van der Waals surface area contributed by atoms with Crippen LogP contribution in [0.5, 0.6) is 5.75 Å². The van der Waals surface area contributed by atoms with Crippen LogP contribution in [0.15, 0.2) is 6.20 Å². The third-order valence-corrected chi connectivity index (χ3v) is 2.25. The Morgan fingerprint density at radius 1 is 1.47 bits per heavy atom. The molecule has 0 radical (unpaired) electrons. The van der Waals surface area contributed by atoms with E-state index in [0.29, 0.717) is 0 Å². The van der Waals surface area contributed by atoms with E-state index in [-0.39, 0.29) is 17.5 Å². The van der Waals surface area contributed by atoms with Crippen molar-refractivity contribution in [1.82, 2.24) is 9.78 Å². The van der Waals surface area contributed by atoms with Gasteiger partial charge >= 0.3 is 6.18 Å². The number of halogens is 3. The van der Waals surface area contributed by atoms with Gasteiger partial charge in [0.2, 0.25) is 0 Å². The third-order valence-electron chi connectivity index (χ3n) is 2.25. The Labute approximate surface area is 97.0 Å². The molecule has 0 amide bonds. The zero-order valence-corrected chi connectivity index (χ0v) is 9.82. The highest BCUT2D eigenvalue weighted by Crippen LogP contribution is 2.34. The summed E-state index contributed by atoms with van der Waals surface area (Å²) >= 11 is 0.